The number of aliphatic hydroxyl groups is 1. The van der Waals surface area contributed by atoms with Gasteiger partial charge in [-0.3, -0.25) is 4.79 Å². The Bertz CT molecular complexity index is 1400. The van der Waals surface area contributed by atoms with E-state index in [2.05, 4.69) is 15.3 Å². The highest BCUT2D eigenvalue weighted by molar-refractivity contribution is 6.04. The van der Waals surface area contributed by atoms with Crippen molar-refractivity contribution >= 4 is 17.1 Å². The summed E-state index contributed by atoms with van der Waals surface area (Å²) in [7, 11) is 0. The molecular weight excluding hydrogens is 402 g/mol. The summed E-state index contributed by atoms with van der Waals surface area (Å²) < 4.78 is 1.77. The number of aromatic nitrogens is 4. The maximum absolute atomic E-state index is 12.6. The van der Waals surface area contributed by atoms with Crippen molar-refractivity contribution in [3.05, 3.63) is 103 Å². The first kappa shape index (κ1) is 19.6. The van der Waals surface area contributed by atoms with E-state index in [4.69, 9.17) is 5.10 Å². The van der Waals surface area contributed by atoms with E-state index < -0.39 is 0 Å². The number of nitrogens with zero attached hydrogens (tertiary/aromatic N) is 4. The number of hydrogen-bond acceptors (Lipinski definition) is 5. The Hall–Kier alpha value is -4.36. The number of benzene rings is 2. The van der Waals surface area contributed by atoms with Crippen LogP contribution in [-0.2, 0) is 6.61 Å². The van der Waals surface area contributed by atoms with E-state index >= 15 is 0 Å². The molecule has 0 radical (unpaired) electrons. The molecule has 5 rings (SSSR count). The molecule has 0 bridgehead atoms. The first-order valence-corrected chi connectivity index (χ1v) is 10.1. The SMILES string of the molecule is O=C(Nc1cccc(-c2nn3ccc(CO)cc3c2-c2ccncn2)c1)c1ccccc1. The molecule has 0 fully saturated rings. The second kappa shape index (κ2) is 8.41. The highest BCUT2D eigenvalue weighted by atomic mass is 16.3. The van der Waals surface area contributed by atoms with Gasteiger partial charge in [0.2, 0.25) is 0 Å². The molecule has 5 aromatic rings. The number of fused-ring (bicyclic) bond motifs is 1. The molecule has 156 valence electrons. The topological polar surface area (TPSA) is 92.4 Å². The van der Waals surface area contributed by atoms with E-state index in [-0.39, 0.29) is 12.5 Å². The summed E-state index contributed by atoms with van der Waals surface area (Å²) >= 11 is 0. The fraction of sp³-hybridized carbons (Fsp3) is 0.0400. The highest BCUT2D eigenvalue weighted by Gasteiger charge is 2.18. The molecule has 7 nitrogen and oxygen atoms in total. The lowest BCUT2D eigenvalue weighted by molar-refractivity contribution is 0.102. The summed E-state index contributed by atoms with van der Waals surface area (Å²) in [5, 5.41) is 17.3. The highest BCUT2D eigenvalue weighted by Crippen LogP contribution is 2.35. The largest absolute Gasteiger partial charge is 0.392 e. The van der Waals surface area contributed by atoms with Crippen LogP contribution in [0.5, 0.6) is 0 Å². The van der Waals surface area contributed by atoms with Crippen molar-refractivity contribution in [2.75, 3.05) is 5.32 Å². The number of amides is 1. The van der Waals surface area contributed by atoms with Crippen LogP contribution in [0.4, 0.5) is 5.69 Å². The minimum atomic E-state index is -0.179. The van der Waals surface area contributed by atoms with Crippen LogP contribution in [0.1, 0.15) is 15.9 Å². The second-order valence-electron chi connectivity index (χ2n) is 7.24. The van der Waals surface area contributed by atoms with Crippen molar-refractivity contribution in [3.8, 4) is 22.5 Å². The van der Waals surface area contributed by atoms with Gasteiger partial charge in [-0.1, -0.05) is 30.3 Å². The zero-order valence-corrected chi connectivity index (χ0v) is 17.0. The van der Waals surface area contributed by atoms with Crippen LogP contribution in [0.15, 0.2) is 91.5 Å². The van der Waals surface area contributed by atoms with Crippen molar-refractivity contribution in [2.45, 2.75) is 6.61 Å². The van der Waals surface area contributed by atoms with Gasteiger partial charge in [-0.05, 0) is 48.0 Å². The van der Waals surface area contributed by atoms with E-state index in [1.165, 1.54) is 6.33 Å². The third-order valence-corrected chi connectivity index (χ3v) is 5.15. The van der Waals surface area contributed by atoms with Crippen LogP contribution in [0.25, 0.3) is 28.0 Å². The van der Waals surface area contributed by atoms with Gasteiger partial charge in [0.05, 0.1) is 23.4 Å². The quantitative estimate of drug-likeness (QED) is 0.444. The maximum Gasteiger partial charge on any atom is 0.255 e. The number of rotatable bonds is 5. The Labute approximate surface area is 184 Å². The Balaban J connectivity index is 1.60. The molecule has 3 aromatic heterocycles. The van der Waals surface area contributed by atoms with E-state index in [9.17, 15) is 9.90 Å². The Kier molecular flexibility index (Phi) is 5.15. The Morgan fingerprint density at radius 1 is 1.00 bits per heavy atom. The van der Waals surface area contributed by atoms with Crippen LogP contribution in [0.3, 0.4) is 0 Å². The van der Waals surface area contributed by atoms with Gasteiger partial charge in [0.1, 0.15) is 12.0 Å². The fourth-order valence-corrected chi connectivity index (χ4v) is 3.62. The normalized spacial score (nSPS) is 10.9. The molecule has 0 saturated heterocycles. The molecule has 0 spiro atoms. The number of anilines is 1. The van der Waals surface area contributed by atoms with E-state index in [1.54, 1.807) is 22.8 Å². The van der Waals surface area contributed by atoms with Gasteiger partial charge in [0.15, 0.2) is 0 Å². The summed E-state index contributed by atoms with van der Waals surface area (Å²) in [4.78, 5) is 21.0. The molecule has 2 aromatic carbocycles. The maximum atomic E-state index is 12.6. The number of carbonyl (C=O) groups is 1. The molecule has 1 amide bonds. The summed E-state index contributed by atoms with van der Waals surface area (Å²) in [6, 6.07) is 22.2. The Morgan fingerprint density at radius 2 is 1.88 bits per heavy atom. The van der Waals surface area contributed by atoms with E-state index in [0.29, 0.717) is 11.3 Å². The van der Waals surface area contributed by atoms with Crippen LogP contribution in [0, 0.1) is 0 Å². The number of aliphatic hydroxyl groups excluding tert-OH is 1. The molecule has 0 aliphatic heterocycles. The molecule has 0 unspecified atom stereocenters. The lowest BCUT2D eigenvalue weighted by Gasteiger charge is -2.08. The van der Waals surface area contributed by atoms with Gasteiger partial charge in [-0.25, -0.2) is 14.5 Å². The summed E-state index contributed by atoms with van der Waals surface area (Å²) in [5.74, 6) is -0.179. The van der Waals surface area contributed by atoms with Crippen molar-refractivity contribution in [2.24, 2.45) is 0 Å². The first-order valence-electron chi connectivity index (χ1n) is 10.1. The van der Waals surface area contributed by atoms with Crippen molar-refractivity contribution in [1.82, 2.24) is 19.6 Å². The van der Waals surface area contributed by atoms with Gasteiger partial charge in [-0.2, -0.15) is 5.10 Å². The lowest BCUT2D eigenvalue weighted by Crippen LogP contribution is -2.11. The minimum absolute atomic E-state index is 0.0682. The van der Waals surface area contributed by atoms with Crippen LogP contribution in [0.2, 0.25) is 0 Å². The van der Waals surface area contributed by atoms with E-state index in [0.717, 1.165) is 33.6 Å². The van der Waals surface area contributed by atoms with Crippen LogP contribution < -0.4 is 5.32 Å². The van der Waals surface area contributed by atoms with Crippen molar-refractivity contribution in [3.63, 3.8) is 0 Å². The van der Waals surface area contributed by atoms with E-state index in [1.807, 2.05) is 66.9 Å². The molecule has 7 heteroatoms. The first-order chi connectivity index (χ1) is 15.7. The van der Waals surface area contributed by atoms with Gasteiger partial charge in [0.25, 0.3) is 5.91 Å². The van der Waals surface area contributed by atoms with Gasteiger partial charge >= 0.3 is 0 Å². The van der Waals surface area contributed by atoms with Gasteiger partial charge < -0.3 is 10.4 Å². The third kappa shape index (κ3) is 3.73. The predicted octanol–water partition coefficient (Wildman–Crippen LogP) is 4.20. The fourth-order valence-electron chi connectivity index (χ4n) is 3.62. The number of nitrogens with one attached hydrogen (secondary N) is 1. The molecule has 3 heterocycles. The number of pyridine rings is 1. The average molecular weight is 421 g/mol. The average Bonchev–Trinajstić information content (AvgIpc) is 3.24. The smallest absolute Gasteiger partial charge is 0.255 e. The summed E-state index contributed by atoms with van der Waals surface area (Å²) in [6.45, 7) is -0.0682. The molecule has 32 heavy (non-hydrogen) atoms. The molecule has 0 aliphatic carbocycles. The van der Waals surface area contributed by atoms with Crippen LogP contribution in [-0.4, -0.2) is 30.6 Å². The monoisotopic (exact) mass is 421 g/mol. The molecule has 2 N–H and O–H groups in total. The molecule has 0 atom stereocenters. The summed E-state index contributed by atoms with van der Waals surface area (Å²) in [5.41, 5.74) is 5.95. The zero-order chi connectivity index (χ0) is 21.9. The predicted molar refractivity (Wildman–Crippen MR) is 122 cm³/mol. The Morgan fingerprint density at radius 3 is 2.66 bits per heavy atom. The third-order valence-electron chi connectivity index (χ3n) is 5.15. The van der Waals surface area contributed by atoms with Crippen molar-refractivity contribution < 1.29 is 9.90 Å². The zero-order valence-electron chi connectivity index (χ0n) is 17.0. The minimum Gasteiger partial charge on any atom is -0.392 e. The molecule has 0 aliphatic rings. The number of carbonyl (C=O) groups excluding carboxylic acids is 1. The molecule has 0 saturated carbocycles. The number of hydrogen-bond donors (Lipinski definition) is 2. The van der Waals surface area contributed by atoms with Crippen LogP contribution >= 0.6 is 0 Å². The lowest BCUT2D eigenvalue weighted by atomic mass is 10.0. The van der Waals surface area contributed by atoms with Gasteiger partial charge in [0, 0.05) is 29.2 Å². The summed E-state index contributed by atoms with van der Waals surface area (Å²) in [6.07, 6.45) is 4.99. The standard InChI is InChI=1S/C25H19N5O2/c31-15-17-10-12-30-22(13-17)23(21-9-11-26-16-27-21)24(29-30)19-7-4-8-20(14-19)28-25(32)18-5-2-1-3-6-18/h1-14,16,31H,15H2,(H,28,32). The van der Waals surface area contributed by atoms with Gasteiger partial charge in [-0.15, -0.1) is 0 Å². The molecular formula is C25H19N5O2. The van der Waals surface area contributed by atoms with Crippen molar-refractivity contribution in [1.29, 1.82) is 0 Å². The second-order valence-corrected chi connectivity index (χ2v) is 7.24.